The molecule has 0 aromatic carbocycles. The van der Waals surface area contributed by atoms with Crippen molar-refractivity contribution in [2.75, 3.05) is 13.1 Å². The van der Waals surface area contributed by atoms with Gasteiger partial charge in [0, 0.05) is 6.04 Å². The maximum Gasteiger partial charge on any atom is 0.237 e. The SMILES string of the molecule is CCCCN1CCCCC1C(=O)NC1C(C)CCCC1C. The van der Waals surface area contributed by atoms with Gasteiger partial charge in [-0.15, -0.1) is 0 Å². The molecule has 0 aromatic heterocycles. The second-order valence-corrected chi connectivity index (χ2v) is 7.32. The molecule has 1 amide bonds. The number of carbonyl (C=O) groups is 1. The van der Waals surface area contributed by atoms with Crippen LogP contribution in [0.2, 0.25) is 0 Å². The van der Waals surface area contributed by atoms with Crippen LogP contribution in [0.15, 0.2) is 0 Å². The van der Waals surface area contributed by atoms with Gasteiger partial charge in [-0.1, -0.05) is 40.0 Å². The number of hydrogen-bond acceptors (Lipinski definition) is 2. The summed E-state index contributed by atoms with van der Waals surface area (Å²) in [6, 6.07) is 0.521. The van der Waals surface area contributed by atoms with Crippen molar-refractivity contribution in [2.24, 2.45) is 11.8 Å². The molecule has 1 saturated carbocycles. The van der Waals surface area contributed by atoms with Crippen LogP contribution in [0.1, 0.15) is 72.1 Å². The van der Waals surface area contributed by atoms with Crippen molar-refractivity contribution in [3.63, 3.8) is 0 Å². The van der Waals surface area contributed by atoms with Crippen molar-refractivity contribution in [1.29, 1.82) is 0 Å². The van der Waals surface area contributed by atoms with Gasteiger partial charge in [0.25, 0.3) is 0 Å². The first-order chi connectivity index (χ1) is 10.1. The fraction of sp³-hybridized carbons (Fsp3) is 0.944. The molecule has 1 aliphatic carbocycles. The summed E-state index contributed by atoms with van der Waals surface area (Å²) in [5.74, 6) is 1.56. The normalized spacial score (nSPS) is 34.6. The molecule has 1 aliphatic heterocycles. The summed E-state index contributed by atoms with van der Waals surface area (Å²) in [6.45, 7) is 9.02. The predicted molar refractivity (Wildman–Crippen MR) is 88.2 cm³/mol. The second kappa shape index (κ2) is 8.17. The molecule has 21 heavy (non-hydrogen) atoms. The molecule has 1 heterocycles. The molecule has 3 atom stereocenters. The Labute approximate surface area is 130 Å². The van der Waals surface area contributed by atoms with E-state index in [-0.39, 0.29) is 6.04 Å². The molecule has 2 aliphatic rings. The van der Waals surface area contributed by atoms with Gasteiger partial charge >= 0.3 is 0 Å². The van der Waals surface area contributed by atoms with E-state index in [2.05, 4.69) is 31.0 Å². The fourth-order valence-corrected chi connectivity index (χ4v) is 4.14. The molecule has 2 rings (SSSR count). The number of hydrogen-bond donors (Lipinski definition) is 1. The second-order valence-electron chi connectivity index (χ2n) is 7.32. The van der Waals surface area contributed by atoms with E-state index >= 15 is 0 Å². The zero-order valence-electron chi connectivity index (χ0n) is 14.2. The lowest BCUT2D eigenvalue weighted by atomic mass is 9.78. The minimum absolute atomic E-state index is 0.131. The van der Waals surface area contributed by atoms with Crippen molar-refractivity contribution < 1.29 is 4.79 Å². The Morgan fingerprint density at radius 1 is 1.10 bits per heavy atom. The van der Waals surface area contributed by atoms with E-state index in [0.29, 0.717) is 23.8 Å². The third-order valence-corrected chi connectivity index (χ3v) is 5.57. The molecule has 3 nitrogen and oxygen atoms in total. The van der Waals surface area contributed by atoms with Gasteiger partial charge in [-0.3, -0.25) is 9.69 Å². The highest BCUT2D eigenvalue weighted by molar-refractivity contribution is 5.82. The van der Waals surface area contributed by atoms with E-state index in [4.69, 9.17) is 0 Å². The summed E-state index contributed by atoms with van der Waals surface area (Å²) in [5.41, 5.74) is 0. The fourth-order valence-electron chi connectivity index (χ4n) is 4.14. The largest absolute Gasteiger partial charge is 0.351 e. The summed E-state index contributed by atoms with van der Waals surface area (Å²) < 4.78 is 0. The van der Waals surface area contributed by atoms with Crippen LogP contribution in [0, 0.1) is 11.8 Å². The Bertz CT molecular complexity index is 321. The summed E-state index contributed by atoms with van der Waals surface area (Å²) >= 11 is 0. The van der Waals surface area contributed by atoms with Crippen molar-refractivity contribution in [3.8, 4) is 0 Å². The Morgan fingerprint density at radius 2 is 1.81 bits per heavy atom. The number of piperidine rings is 1. The van der Waals surface area contributed by atoms with Crippen LogP contribution in [0.25, 0.3) is 0 Å². The summed E-state index contributed by atoms with van der Waals surface area (Å²) in [5, 5.41) is 3.41. The van der Waals surface area contributed by atoms with E-state index < -0.39 is 0 Å². The van der Waals surface area contributed by atoms with E-state index in [1.54, 1.807) is 0 Å². The lowest BCUT2D eigenvalue weighted by molar-refractivity contribution is -0.129. The molecule has 0 spiro atoms. The maximum atomic E-state index is 12.8. The molecule has 0 aromatic rings. The maximum absolute atomic E-state index is 12.8. The highest BCUT2D eigenvalue weighted by atomic mass is 16.2. The zero-order valence-corrected chi connectivity index (χ0v) is 14.2. The number of unbranched alkanes of at least 4 members (excludes halogenated alkanes) is 1. The molecule has 3 heteroatoms. The first-order valence-electron chi connectivity index (χ1n) is 9.18. The van der Waals surface area contributed by atoms with Crippen molar-refractivity contribution >= 4 is 5.91 Å². The lowest BCUT2D eigenvalue weighted by Gasteiger charge is -2.39. The quantitative estimate of drug-likeness (QED) is 0.840. The van der Waals surface area contributed by atoms with Crippen LogP contribution >= 0.6 is 0 Å². The number of nitrogens with one attached hydrogen (secondary N) is 1. The minimum Gasteiger partial charge on any atom is -0.351 e. The highest BCUT2D eigenvalue weighted by Gasteiger charge is 2.33. The minimum atomic E-state index is 0.131. The van der Waals surface area contributed by atoms with Crippen LogP contribution in [-0.2, 0) is 4.79 Å². The first kappa shape index (κ1) is 16.8. The number of carbonyl (C=O) groups excluding carboxylic acids is 1. The standard InChI is InChI=1S/C18H34N2O/c1-4-5-12-20-13-7-6-11-16(20)18(21)19-17-14(2)9-8-10-15(17)3/h14-17H,4-13H2,1-3H3,(H,19,21). The molecule has 0 bridgehead atoms. The molecule has 1 saturated heterocycles. The molecule has 3 unspecified atom stereocenters. The smallest absolute Gasteiger partial charge is 0.237 e. The molecule has 0 radical (unpaired) electrons. The molecular formula is C18H34N2O. The lowest BCUT2D eigenvalue weighted by Crippen LogP contribution is -2.55. The van der Waals surface area contributed by atoms with E-state index in [1.807, 2.05) is 0 Å². The van der Waals surface area contributed by atoms with E-state index in [9.17, 15) is 4.79 Å². The zero-order chi connectivity index (χ0) is 15.2. The van der Waals surface area contributed by atoms with Gasteiger partial charge in [0.15, 0.2) is 0 Å². The monoisotopic (exact) mass is 294 g/mol. The third-order valence-electron chi connectivity index (χ3n) is 5.57. The van der Waals surface area contributed by atoms with Gasteiger partial charge in [0.2, 0.25) is 5.91 Å². The Morgan fingerprint density at radius 3 is 2.48 bits per heavy atom. The van der Waals surface area contributed by atoms with E-state index in [1.165, 1.54) is 44.9 Å². The first-order valence-corrected chi connectivity index (χ1v) is 9.18. The number of amides is 1. The Kier molecular flexibility index (Phi) is 6.53. The van der Waals surface area contributed by atoms with Crippen molar-refractivity contribution in [3.05, 3.63) is 0 Å². The van der Waals surface area contributed by atoms with Gasteiger partial charge in [0.1, 0.15) is 0 Å². The number of likely N-dealkylation sites (tertiary alicyclic amines) is 1. The predicted octanol–water partition coefficient (Wildman–Crippen LogP) is 3.58. The number of rotatable bonds is 5. The molecular weight excluding hydrogens is 260 g/mol. The average Bonchev–Trinajstić information content (AvgIpc) is 2.49. The molecule has 122 valence electrons. The number of nitrogens with zero attached hydrogens (tertiary/aromatic N) is 1. The van der Waals surface area contributed by atoms with Crippen LogP contribution in [0.3, 0.4) is 0 Å². The van der Waals surface area contributed by atoms with Gasteiger partial charge in [-0.05, 0) is 57.0 Å². The van der Waals surface area contributed by atoms with Gasteiger partial charge in [-0.25, -0.2) is 0 Å². The Hall–Kier alpha value is -0.570. The van der Waals surface area contributed by atoms with Gasteiger partial charge < -0.3 is 5.32 Å². The van der Waals surface area contributed by atoms with E-state index in [0.717, 1.165) is 19.5 Å². The molecule has 2 fully saturated rings. The summed E-state index contributed by atoms with van der Waals surface area (Å²) in [6.07, 6.45) is 9.77. The van der Waals surface area contributed by atoms with Gasteiger partial charge in [0.05, 0.1) is 6.04 Å². The van der Waals surface area contributed by atoms with Crippen molar-refractivity contribution in [2.45, 2.75) is 84.2 Å². The van der Waals surface area contributed by atoms with Crippen LogP contribution < -0.4 is 5.32 Å². The summed E-state index contributed by atoms with van der Waals surface area (Å²) in [7, 11) is 0. The van der Waals surface area contributed by atoms with Crippen LogP contribution in [0.4, 0.5) is 0 Å². The van der Waals surface area contributed by atoms with Crippen LogP contribution in [0.5, 0.6) is 0 Å². The summed E-state index contributed by atoms with van der Waals surface area (Å²) in [4.78, 5) is 15.2. The average molecular weight is 294 g/mol. The van der Waals surface area contributed by atoms with Crippen LogP contribution in [-0.4, -0.2) is 36.0 Å². The third kappa shape index (κ3) is 4.45. The Balaban J connectivity index is 1.93. The molecule has 1 N–H and O–H groups in total. The van der Waals surface area contributed by atoms with Crippen molar-refractivity contribution in [1.82, 2.24) is 10.2 Å². The van der Waals surface area contributed by atoms with Gasteiger partial charge in [-0.2, -0.15) is 0 Å². The highest BCUT2D eigenvalue weighted by Crippen LogP contribution is 2.29. The topological polar surface area (TPSA) is 32.3 Å².